The topological polar surface area (TPSA) is 52.7 Å². The molecule has 0 saturated heterocycles. The van der Waals surface area contributed by atoms with E-state index in [4.69, 9.17) is 0 Å². The third kappa shape index (κ3) is 6.49. The average Bonchev–Trinajstić information content (AvgIpc) is 3.31. The molecule has 0 aromatic heterocycles. The van der Waals surface area contributed by atoms with E-state index in [0.717, 1.165) is 28.8 Å². The van der Waals surface area contributed by atoms with Gasteiger partial charge >= 0.3 is 0 Å². The number of benzene rings is 5. The molecule has 1 unspecified atom stereocenters. The second-order valence-corrected chi connectivity index (χ2v) is 10.7. The Bertz CT molecular complexity index is 1690. The van der Waals surface area contributed by atoms with E-state index in [2.05, 4.69) is 17.4 Å². The van der Waals surface area contributed by atoms with Crippen molar-refractivity contribution in [3.63, 3.8) is 0 Å². The molecule has 5 aromatic carbocycles. The summed E-state index contributed by atoms with van der Waals surface area (Å²) in [5.74, 6) is -0.434. The second kappa shape index (κ2) is 12.7. The summed E-state index contributed by atoms with van der Waals surface area (Å²) < 4.78 is 13.5. The second-order valence-electron chi connectivity index (χ2n) is 10.7. The van der Waals surface area contributed by atoms with Gasteiger partial charge in [0.2, 0.25) is 0 Å². The van der Waals surface area contributed by atoms with E-state index in [0.29, 0.717) is 30.8 Å². The van der Waals surface area contributed by atoms with Crippen LogP contribution in [-0.4, -0.2) is 28.2 Å². The summed E-state index contributed by atoms with van der Waals surface area (Å²) in [6.45, 7) is 1.45. The quantitative estimate of drug-likeness (QED) is 0.190. The first-order valence-corrected chi connectivity index (χ1v) is 14.4. The summed E-state index contributed by atoms with van der Waals surface area (Å²) in [4.78, 5) is 30.7. The number of hydrogen-bond acceptors (Lipinski definition) is 3. The summed E-state index contributed by atoms with van der Waals surface area (Å²) in [5, 5.41) is 3.50. The minimum Gasteiger partial charge on any atom is -0.361 e. The lowest BCUT2D eigenvalue weighted by Crippen LogP contribution is -2.33. The summed E-state index contributed by atoms with van der Waals surface area (Å²) in [5.41, 5.74) is 6.00. The number of carbonyl (C=O) groups excluding carboxylic acids is 2. The minimum absolute atomic E-state index is 0.0364. The average molecular weight is 570 g/mol. The van der Waals surface area contributed by atoms with E-state index in [9.17, 15) is 14.0 Å². The highest BCUT2D eigenvalue weighted by atomic mass is 19.1. The Balaban J connectivity index is 1.20. The summed E-state index contributed by atoms with van der Waals surface area (Å²) in [7, 11) is 0. The van der Waals surface area contributed by atoms with Gasteiger partial charge in [-0.2, -0.15) is 0 Å². The van der Waals surface area contributed by atoms with E-state index in [-0.39, 0.29) is 17.6 Å². The zero-order valence-corrected chi connectivity index (χ0v) is 23.7. The van der Waals surface area contributed by atoms with Crippen molar-refractivity contribution < 1.29 is 14.0 Å². The van der Waals surface area contributed by atoms with Gasteiger partial charge in [0.15, 0.2) is 0 Å². The Hall–Kier alpha value is -5.23. The first-order valence-electron chi connectivity index (χ1n) is 14.4. The highest BCUT2D eigenvalue weighted by molar-refractivity contribution is 5.99. The van der Waals surface area contributed by atoms with Crippen LogP contribution in [0.2, 0.25) is 0 Å². The zero-order chi connectivity index (χ0) is 29.6. The van der Waals surface area contributed by atoms with Crippen molar-refractivity contribution in [2.45, 2.75) is 25.7 Å². The molecule has 6 heteroatoms. The molecule has 1 N–H and O–H groups in total. The molecule has 0 fully saturated rings. The minimum atomic E-state index is -0.407. The molecule has 2 amide bonds. The lowest BCUT2D eigenvalue weighted by molar-refractivity contribution is 0.0726. The van der Waals surface area contributed by atoms with E-state index >= 15 is 0 Å². The Kier molecular flexibility index (Phi) is 8.27. The number of rotatable bonds is 10. The van der Waals surface area contributed by atoms with Crippen LogP contribution in [0.1, 0.15) is 49.1 Å². The molecule has 1 aliphatic rings. The van der Waals surface area contributed by atoms with Crippen molar-refractivity contribution >= 4 is 17.5 Å². The van der Waals surface area contributed by atoms with Crippen molar-refractivity contribution in [1.82, 2.24) is 9.80 Å². The molecule has 0 saturated carbocycles. The number of nitrogens with zero attached hydrogens (tertiary/aromatic N) is 2. The number of halogens is 1. The first-order chi connectivity index (χ1) is 21.0. The monoisotopic (exact) mass is 569 g/mol. The van der Waals surface area contributed by atoms with Crippen LogP contribution in [0.15, 0.2) is 133 Å². The van der Waals surface area contributed by atoms with E-state index < -0.39 is 6.17 Å². The summed E-state index contributed by atoms with van der Waals surface area (Å²) in [6, 6.07) is 41.4. The number of hydrogen-bond donors (Lipinski definition) is 1. The maximum absolute atomic E-state index is 13.7. The molecule has 1 heterocycles. The maximum atomic E-state index is 13.7. The van der Waals surface area contributed by atoms with Gasteiger partial charge in [-0.05, 0) is 65.6 Å². The molecule has 1 aliphatic heterocycles. The van der Waals surface area contributed by atoms with E-state index in [1.54, 1.807) is 17.0 Å². The fourth-order valence-electron chi connectivity index (χ4n) is 5.49. The summed E-state index contributed by atoms with van der Waals surface area (Å²) >= 11 is 0. The Morgan fingerprint density at radius 3 is 2.05 bits per heavy atom. The molecule has 5 aromatic rings. The normalized spacial score (nSPS) is 13.9. The standard InChI is InChI=1S/C37H32FN3O2/c38-31-19-15-29(16-20-31)26-41-35(33-13-7-8-14-34(33)37(41)43)39-32-21-17-30(18-22-32)36(42)40(25-28-11-5-2-6-12-28)24-23-27-9-3-1-4-10-27/h1-22,35,39H,23-26H2. The number of carbonyl (C=O) groups is 2. The van der Waals surface area contributed by atoms with E-state index in [1.807, 2.05) is 102 Å². The highest BCUT2D eigenvalue weighted by Gasteiger charge is 2.36. The van der Waals surface area contributed by atoms with Gasteiger partial charge in [-0.1, -0.05) is 91.0 Å². The van der Waals surface area contributed by atoms with Crippen LogP contribution in [0.4, 0.5) is 10.1 Å². The third-order valence-electron chi connectivity index (χ3n) is 7.78. The smallest absolute Gasteiger partial charge is 0.256 e. The van der Waals surface area contributed by atoms with E-state index in [1.165, 1.54) is 17.7 Å². The first kappa shape index (κ1) is 27.9. The van der Waals surface area contributed by atoms with Crippen molar-refractivity contribution in [3.8, 4) is 0 Å². The van der Waals surface area contributed by atoms with Crippen LogP contribution >= 0.6 is 0 Å². The predicted molar refractivity (Wildman–Crippen MR) is 167 cm³/mol. The van der Waals surface area contributed by atoms with Crippen LogP contribution in [0.5, 0.6) is 0 Å². The number of anilines is 1. The molecule has 0 bridgehead atoms. The zero-order valence-electron chi connectivity index (χ0n) is 23.7. The Morgan fingerprint density at radius 1 is 0.721 bits per heavy atom. The molecular weight excluding hydrogens is 537 g/mol. The van der Waals surface area contributed by atoms with Crippen LogP contribution in [0.25, 0.3) is 0 Å². The van der Waals surface area contributed by atoms with Crippen LogP contribution < -0.4 is 5.32 Å². The number of amides is 2. The largest absolute Gasteiger partial charge is 0.361 e. The molecule has 0 radical (unpaired) electrons. The fourth-order valence-corrected chi connectivity index (χ4v) is 5.49. The van der Waals surface area contributed by atoms with Crippen LogP contribution in [0, 0.1) is 5.82 Å². The SMILES string of the molecule is O=C(c1ccc(NC2c3ccccc3C(=O)N2Cc2ccc(F)cc2)cc1)N(CCc1ccccc1)Cc1ccccc1. The maximum Gasteiger partial charge on any atom is 0.256 e. The Labute approximate surface area is 251 Å². The van der Waals surface area contributed by atoms with Crippen molar-refractivity contribution in [1.29, 1.82) is 0 Å². The lowest BCUT2D eigenvalue weighted by Gasteiger charge is -2.27. The third-order valence-corrected chi connectivity index (χ3v) is 7.78. The molecule has 0 aliphatic carbocycles. The fraction of sp³-hybridized carbons (Fsp3) is 0.135. The van der Waals surface area contributed by atoms with Gasteiger partial charge in [-0.15, -0.1) is 0 Å². The molecule has 0 spiro atoms. The van der Waals surface area contributed by atoms with Crippen molar-refractivity contribution in [3.05, 3.63) is 173 Å². The predicted octanol–water partition coefficient (Wildman–Crippen LogP) is 7.48. The summed E-state index contributed by atoms with van der Waals surface area (Å²) in [6.07, 6.45) is 0.355. The Morgan fingerprint density at radius 2 is 1.35 bits per heavy atom. The molecule has 6 rings (SSSR count). The van der Waals surface area contributed by atoms with Crippen molar-refractivity contribution in [2.24, 2.45) is 0 Å². The number of fused-ring (bicyclic) bond motifs is 1. The number of nitrogens with one attached hydrogen (secondary N) is 1. The van der Waals surface area contributed by atoms with Gasteiger partial charge in [0.05, 0.1) is 0 Å². The molecule has 214 valence electrons. The molecule has 5 nitrogen and oxygen atoms in total. The van der Waals surface area contributed by atoms with Gasteiger partial charge in [-0.25, -0.2) is 4.39 Å². The highest BCUT2D eigenvalue weighted by Crippen LogP contribution is 2.35. The lowest BCUT2D eigenvalue weighted by atomic mass is 10.1. The van der Waals surface area contributed by atoms with Crippen LogP contribution in [-0.2, 0) is 19.5 Å². The van der Waals surface area contributed by atoms with Gasteiger partial charge in [-0.3, -0.25) is 9.59 Å². The molecule has 1 atom stereocenters. The van der Waals surface area contributed by atoms with Gasteiger partial charge in [0.1, 0.15) is 12.0 Å². The molecular formula is C37H32FN3O2. The van der Waals surface area contributed by atoms with Crippen LogP contribution in [0.3, 0.4) is 0 Å². The van der Waals surface area contributed by atoms with Gasteiger partial charge in [0.25, 0.3) is 11.8 Å². The van der Waals surface area contributed by atoms with Gasteiger partial charge in [0, 0.05) is 42.0 Å². The van der Waals surface area contributed by atoms with Gasteiger partial charge < -0.3 is 15.1 Å². The molecule has 43 heavy (non-hydrogen) atoms. The van der Waals surface area contributed by atoms with Crippen molar-refractivity contribution in [2.75, 3.05) is 11.9 Å².